The van der Waals surface area contributed by atoms with E-state index in [9.17, 15) is 9.59 Å². The molecule has 1 heterocycles. The van der Waals surface area contributed by atoms with Crippen LogP contribution in [0.4, 0.5) is 4.79 Å². The Labute approximate surface area is 175 Å². The maximum atomic E-state index is 12.8. The molecule has 29 heavy (non-hydrogen) atoms. The van der Waals surface area contributed by atoms with Crippen molar-refractivity contribution >= 4 is 23.6 Å². The highest BCUT2D eigenvalue weighted by atomic mass is 35.5. The molecule has 2 aromatic rings. The lowest BCUT2D eigenvalue weighted by molar-refractivity contribution is -0.139. The van der Waals surface area contributed by atoms with Crippen molar-refractivity contribution in [1.82, 2.24) is 15.5 Å². The summed E-state index contributed by atoms with van der Waals surface area (Å²) in [5, 5.41) is 6.14. The molecule has 1 aliphatic rings. The quantitative estimate of drug-likeness (QED) is 0.680. The molecular formula is C22H24ClN3O3. The van der Waals surface area contributed by atoms with Crippen molar-refractivity contribution < 1.29 is 14.3 Å². The molecule has 0 aromatic heterocycles. The molecule has 1 atom stereocenters. The Bertz CT molecular complexity index is 915. The van der Waals surface area contributed by atoms with Crippen molar-refractivity contribution in [1.29, 1.82) is 0 Å². The van der Waals surface area contributed by atoms with Crippen LogP contribution in [0.25, 0.3) is 0 Å². The van der Waals surface area contributed by atoms with Crippen LogP contribution in [-0.4, -0.2) is 37.1 Å². The van der Waals surface area contributed by atoms with Gasteiger partial charge in [-0.15, -0.1) is 0 Å². The summed E-state index contributed by atoms with van der Waals surface area (Å²) in [6.07, 6.45) is 0. The zero-order valence-electron chi connectivity index (χ0n) is 16.4. The average molecular weight is 414 g/mol. The zero-order valence-corrected chi connectivity index (χ0v) is 17.2. The van der Waals surface area contributed by atoms with Crippen LogP contribution in [0.5, 0.6) is 0 Å². The topological polar surface area (TPSA) is 70.7 Å². The van der Waals surface area contributed by atoms with Gasteiger partial charge in [0.25, 0.3) is 0 Å². The Balaban J connectivity index is 1.94. The summed E-state index contributed by atoms with van der Waals surface area (Å²) in [6, 6.07) is 16.1. The number of carbonyl (C=O) groups excluding carboxylic acids is 2. The third kappa shape index (κ3) is 5.37. The number of esters is 1. The molecule has 152 valence electrons. The van der Waals surface area contributed by atoms with Gasteiger partial charge < -0.3 is 15.4 Å². The van der Waals surface area contributed by atoms with Gasteiger partial charge in [0.1, 0.15) is 0 Å². The van der Waals surface area contributed by atoms with Gasteiger partial charge in [-0.3, -0.25) is 4.90 Å². The van der Waals surface area contributed by atoms with Crippen LogP contribution in [0.15, 0.2) is 65.9 Å². The second-order valence-electron chi connectivity index (χ2n) is 6.86. The fraction of sp³-hybridized carbons (Fsp3) is 0.273. The number of hydrogen-bond acceptors (Lipinski definition) is 4. The van der Waals surface area contributed by atoms with Crippen molar-refractivity contribution in [3.05, 3.63) is 82.0 Å². The van der Waals surface area contributed by atoms with Crippen LogP contribution in [0.3, 0.4) is 0 Å². The van der Waals surface area contributed by atoms with E-state index in [1.54, 1.807) is 25.1 Å². The van der Waals surface area contributed by atoms with E-state index in [-0.39, 0.29) is 12.6 Å². The summed E-state index contributed by atoms with van der Waals surface area (Å²) >= 11 is 6.13. The van der Waals surface area contributed by atoms with Gasteiger partial charge >= 0.3 is 12.0 Å². The molecule has 2 N–H and O–H groups in total. The number of likely N-dealkylation sites (N-methyl/N-ethyl adjacent to an activating group) is 1. The number of carbonyl (C=O) groups is 2. The predicted molar refractivity (Wildman–Crippen MR) is 112 cm³/mol. The smallest absolute Gasteiger partial charge is 0.338 e. The van der Waals surface area contributed by atoms with Gasteiger partial charge in [0.05, 0.1) is 18.2 Å². The first-order valence-corrected chi connectivity index (χ1v) is 9.81. The van der Waals surface area contributed by atoms with Crippen molar-refractivity contribution in [2.45, 2.75) is 19.5 Å². The maximum absolute atomic E-state index is 12.8. The van der Waals surface area contributed by atoms with E-state index in [1.165, 1.54) is 0 Å². The van der Waals surface area contributed by atoms with E-state index in [2.05, 4.69) is 10.6 Å². The lowest BCUT2D eigenvalue weighted by Gasteiger charge is -2.31. The molecule has 7 heteroatoms. The molecule has 0 fully saturated rings. The van der Waals surface area contributed by atoms with E-state index >= 15 is 0 Å². The van der Waals surface area contributed by atoms with Crippen LogP contribution in [0, 0.1) is 0 Å². The van der Waals surface area contributed by atoms with Crippen molar-refractivity contribution in [2.75, 3.05) is 20.2 Å². The number of benzene rings is 2. The fourth-order valence-corrected chi connectivity index (χ4v) is 3.55. The maximum Gasteiger partial charge on any atom is 0.338 e. The standard InChI is InChI=1S/C22H24ClN3O3/c1-3-29-21(27)19-18(14-26(2)13-15-8-5-4-6-9-15)24-22(28)25-20(19)16-10-7-11-17(23)12-16/h4-12,20H,3,13-14H2,1-2H3,(H2,24,25,28)/t20-/m0/s1. The minimum Gasteiger partial charge on any atom is -0.463 e. The SMILES string of the molecule is CCOC(=O)C1=C(CN(C)Cc2ccccc2)NC(=O)N[C@H]1c1cccc(Cl)c1. The van der Waals surface area contributed by atoms with Gasteiger partial charge in [0, 0.05) is 23.8 Å². The molecule has 0 saturated carbocycles. The summed E-state index contributed by atoms with van der Waals surface area (Å²) in [6.45, 7) is 3.05. The summed E-state index contributed by atoms with van der Waals surface area (Å²) < 4.78 is 5.29. The highest BCUT2D eigenvalue weighted by molar-refractivity contribution is 6.30. The second kappa shape index (κ2) is 9.58. The molecule has 0 radical (unpaired) electrons. The van der Waals surface area contributed by atoms with Crippen LogP contribution in [-0.2, 0) is 16.1 Å². The van der Waals surface area contributed by atoms with Gasteiger partial charge in [0.2, 0.25) is 0 Å². The molecule has 2 amide bonds. The van der Waals surface area contributed by atoms with E-state index in [0.29, 0.717) is 29.4 Å². The summed E-state index contributed by atoms with van der Waals surface area (Å²) in [7, 11) is 1.94. The largest absolute Gasteiger partial charge is 0.463 e. The summed E-state index contributed by atoms with van der Waals surface area (Å²) in [5.74, 6) is -0.465. The van der Waals surface area contributed by atoms with Crippen molar-refractivity contribution in [3.63, 3.8) is 0 Å². The van der Waals surface area contributed by atoms with E-state index in [0.717, 1.165) is 11.1 Å². The highest BCUT2D eigenvalue weighted by Gasteiger charge is 2.34. The van der Waals surface area contributed by atoms with Crippen molar-refractivity contribution in [2.24, 2.45) is 0 Å². The number of hydrogen-bond donors (Lipinski definition) is 2. The minimum atomic E-state index is -0.637. The Morgan fingerprint density at radius 3 is 2.59 bits per heavy atom. The first-order valence-electron chi connectivity index (χ1n) is 9.43. The molecule has 0 aliphatic carbocycles. The monoisotopic (exact) mass is 413 g/mol. The van der Waals surface area contributed by atoms with Crippen LogP contribution in [0.1, 0.15) is 24.1 Å². The highest BCUT2D eigenvalue weighted by Crippen LogP contribution is 2.29. The number of nitrogens with zero attached hydrogens (tertiary/aromatic N) is 1. The summed E-state index contributed by atoms with van der Waals surface area (Å²) in [5.41, 5.74) is 2.77. The van der Waals surface area contributed by atoms with E-state index in [4.69, 9.17) is 16.3 Å². The van der Waals surface area contributed by atoms with Crippen molar-refractivity contribution in [3.8, 4) is 0 Å². The molecule has 0 unspecified atom stereocenters. The second-order valence-corrected chi connectivity index (χ2v) is 7.29. The predicted octanol–water partition coefficient (Wildman–Crippen LogP) is 3.64. The first-order chi connectivity index (χ1) is 14.0. The van der Waals surface area contributed by atoms with Gasteiger partial charge in [0.15, 0.2) is 0 Å². The Hall–Kier alpha value is -2.83. The van der Waals surface area contributed by atoms with Gasteiger partial charge in [-0.05, 0) is 37.2 Å². The number of nitrogens with one attached hydrogen (secondary N) is 2. The lowest BCUT2D eigenvalue weighted by Crippen LogP contribution is -2.48. The number of ether oxygens (including phenoxy) is 1. The Morgan fingerprint density at radius 1 is 1.14 bits per heavy atom. The molecular weight excluding hydrogens is 390 g/mol. The molecule has 2 aromatic carbocycles. The first kappa shape index (κ1) is 20.9. The molecule has 0 saturated heterocycles. The van der Waals surface area contributed by atoms with Gasteiger partial charge in [-0.25, -0.2) is 9.59 Å². The fourth-order valence-electron chi connectivity index (χ4n) is 3.35. The number of amides is 2. The number of rotatable bonds is 7. The lowest BCUT2D eigenvalue weighted by atomic mass is 9.95. The van der Waals surface area contributed by atoms with Crippen LogP contribution >= 0.6 is 11.6 Å². The molecule has 6 nitrogen and oxygen atoms in total. The Morgan fingerprint density at radius 2 is 1.90 bits per heavy atom. The summed E-state index contributed by atoms with van der Waals surface area (Å²) in [4.78, 5) is 27.2. The average Bonchev–Trinajstić information content (AvgIpc) is 2.68. The van der Waals surface area contributed by atoms with Crippen LogP contribution < -0.4 is 10.6 Å². The van der Waals surface area contributed by atoms with E-state index in [1.807, 2.05) is 48.3 Å². The normalized spacial score (nSPS) is 16.4. The molecule has 3 rings (SSSR count). The number of halogens is 1. The third-order valence-electron chi connectivity index (χ3n) is 4.55. The Kier molecular flexibility index (Phi) is 6.90. The third-order valence-corrected chi connectivity index (χ3v) is 4.79. The van der Waals surface area contributed by atoms with Gasteiger partial charge in [-0.2, -0.15) is 0 Å². The minimum absolute atomic E-state index is 0.242. The van der Waals surface area contributed by atoms with E-state index < -0.39 is 12.0 Å². The molecule has 0 bridgehead atoms. The zero-order chi connectivity index (χ0) is 20.8. The molecule has 1 aliphatic heterocycles. The van der Waals surface area contributed by atoms with Gasteiger partial charge in [-0.1, -0.05) is 54.1 Å². The van der Waals surface area contributed by atoms with Crippen LogP contribution in [0.2, 0.25) is 5.02 Å². The molecule has 0 spiro atoms. The number of urea groups is 1.